The van der Waals surface area contributed by atoms with E-state index in [9.17, 15) is 32.0 Å². The Hall–Kier alpha value is -3.03. The second kappa shape index (κ2) is 8.53. The van der Waals surface area contributed by atoms with Gasteiger partial charge >= 0.3 is 0 Å². The van der Waals surface area contributed by atoms with Crippen LogP contribution in [0, 0.1) is 23.0 Å². The van der Waals surface area contributed by atoms with Crippen LogP contribution in [0.5, 0.6) is 0 Å². The van der Waals surface area contributed by atoms with Crippen molar-refractivity contribution >= 4 is 33.3 Å². The van der Waals surface area contributed by atoms with E-state index in [-0.39, 0.29) is 13.0 Å². The van der Waals surface area contributed by atoms with Crippen molar-refractivity contribution in [2.45, 2.75) is 59.2 Å². The minimum absolute atomic E-state index is 0.269. The van der Waals surface area contributed by atoms with Crippen molar-refractivity contribution in [2.24, 2.45) is 0 Å². The topological polar surface area (TPSA) is 107 Å². The monoisotopic (exact) mass is 533 g/mol. The quantitative estimate of drug-likeness (QED) is 0.573. The molecule has 2 aromatic carbocycles. The number of halogens is 3. The Kier molecular flexibility index (Phi) is 5.84. The molecule has 36 heavy (non-hydrogen) atoms. The van der Waals surface area contributed by atoms with Gasteiger partial charge in [-0.2, -0.15) is 5.26 Å². The summed E-state index contributed by atoms with van der Waals surface area (Å²) in [6, 6.07) is 9.86. The Morgan fingerprint density at radius 1 is 1.08 bits per heavy atom. The molecule has 3 fully saturated rings. The number of carbonyl (C=O) groups is 2. The predicted octanol–water partition coefficient (Wildman–Crippen LogP) is 3.27. The van der Waals surface area contributed by atoms with Crippen molar-refractivity contribution in [3.05, 3.63) is 64.7 Å². The summed E-state index contributed by atoms with van der Waals surface area (Å²) in [6.45, 7) is -0.328. The summed E-state index contributed by atoms with van der Waals surface area (Å²) in [5.41, 5.74) is -1.21. The number of nitrogens with zero attached hydrogens (tertiary/aromatic N) is 2. The smallest absolute Gasteiger partial charge is 0.244 e. The van der Waals surface area contributed by atoms with E-state index < -0.39 is 60.4 Å². The van der Waals surface area contributed by atoms with Gasteiger partial charge in [0.15, 0.2) is 9.84 Å². The van der Waals surface area contributed by atoms with E-state index in [1.165, 1.54) is 4.90 Å². The van der Waals surface area contributed by atoms with E-state index >= 15 is 0 Å². The van der Waals surface area contributed by atoms with Gasteiger partial charge in [-0.15, -0.1) is 0 Å². The maximum absolute atomic E-state index is 14.4. The number of nitrogens with one attached hydrogen (secondary N) is 1. The highest BCUT2D eigenvalue weighted by Gasteiger charge is 2.58. The van der Waals surface area contributed by atoms with Crippen molar-refractivity contribution < 1.29 is 26.8 Å². The minimum atomic E-state index is -4.35. The maximum atomic E-state index is 14.4. The van der Waals surface area contributed by atoms with Gasteiger partial charge in [-0.25, -0.2) is 17.2 Å². The molecule has 2 unspecified atom stereocenters. The van der Waals surface area contributed by atoms with Gasteiger partial charge in [-0.1, -0.05) is 23.7 Å². The number of rotatable bonds is 6. The Balaban J connectivity index is 1.48. The Labute approximate surface area is 212 Å². The molecule has 0 bridgehead atoms. The number of hydrogen-bond acceptors (Lipinski definition) is 5. The summed E-state index contributed by atoms with van der Waals surface area (Å²) in [5.74, 6) is -3.17. The lowest BCUT2D eigenvalue weighted by Gasteiger charge is -2.29. The predicted molar refractivity (Wildman–Crippen MR) is 126 cm³/mol. The molecule has 5 rings (SSSR count). The van der Waals surface area contributed by atoms with Gasteiger partial charge in [0.05, 0.1) is 16.7 Å². The molecule has 3 aliphatic rings. The zero-order valence-electron chi connectivity index (χ0n) is 19.0. The fraction of sp³-hybridized carbons (Fsp3) is 0.400. The van der Waals surface area contributed by atoms with Gasteiger partial charge in [-0.05, 0) is 61.9 Å². The summed E-state index contributed by atoms with van der Waals surface area (Å²) < 4.78 is 54.5. The number of sulfone groups is 1. The van der Waals surface area contributed by atoms with Gasteiger partial charge in [0, 0.05) is 17.6 Å². The number of nitriles is 1. The summed E-state index contributed by atoms with van der Waals surface area (Å²) in [6.07, 6.45) is 1.70. The molecule has 1 saturated heterocycles. The zero-order valence-corrected chi connectivity index (χ0v) is 20.6. The van der Waals surface area contributed by atoms with Crippen molar-refractivity contribution in [3.63, 3.8) is 0 Å². The zero-order chi connectivity index (χ0) is 25.9. The van der Waals surface area contributed by atoms with Crippen LogP contribution in [0.3, 0.4) is 0 Å². The second-order valence-electron chi connectivity index (χ2n) is 9.72. The third-order valence-electron chi connectivity index (χ3n) is 7.35. The number of likely N-dealkylation sites (tertiary alicyclic amines) is 1. The van der Waals surface area contributed by atoms with Gasteiger partial charge < -0.3 is 10.2 Å². The molecule has 0 radical (unpaired) electrons. The molecule has 0 aromatic heterocycles. The van der Waals surface area contributed by atoms with Crippen molar-refractivity contribution in [1.29, 1.82) is 5.26 Å². The van der Waals surface area contributed by atoms with Crippen molar-refractivity contribution in [2.75, 3.05) is 6.54 Å². The Bertz CT molecular complexity index is 1400. The SMILES string of the molecule is N#CC1(NC(=O)C2CC(S(=O)(=O)c3ccc(F)cc3F)CN2C(=O)C2(c3ccc(Cl)cc3)CC2)CC1. The summed E-state index contributed by atoms with van der Waals surface area (Å²) in [5, 5.41) is 11.3. The van der Waals surface area contributed by atoms with E-state index in [1.54, 1.807) is 24.3 Å². The lowest BCUT2D eigenvalue weighted by Crippen LogP contribution is -2.51. The van der Waals surface area contributed by atoms with E-state index in [2.05, 4.69) is 11.4 Å². The van der Waals surface area contributed by atoms with Crippen LogP contribution < -0.4 is 5.32 Å². The summed E-state index contributed by atoms with van der Waals surface area (Å²) in [7, 11) is -4.35. The van der Waals surface area contributed by atoms with Crippen LogP contribution in [-0.4, -0.2) is 48.5 Å². The van der Waals surface area contributed by atoms with Crippen LogP contribution in [-0.2, 0) is 24.8 Å². The summed E-state index contributed by atoms with van der Waals surface area (Å²) >= 11 is 5.99. The van der Waals surface area contributed by atoms with Gasteiger partial charge in [0.1, 0.15) is 28.1 Å². The van der Waals surface area contributed by atoms with Gasteiger partial charge in [0.2, 0.25) is 11.8 Å². The van der Waals surface area contributed by atoms with Crippen molar-refractivity contribution in [1.82, 2.24) is 10.2 Å². The highest BCUT2D eigenvalue weighted by Crippen LogP contribution is 2.51. The number of benzene rings is 2. The lowest BCUT2D eigenvalue weighted by atomic mass is 9.94. The Morgan fingerprint density at radius 2 is 1.75 bits per heavy atom. The molecule has 1 aliphatic heterocycles. The largest absolute Gasteiger partial charge is 0.336 e. The molecule has 2 aliphatic carbocycles. The van der Waals surface area contributed by atoms with E-state index in [0.717, 1.165) is 12.1 Å². The first-order valence-electron chi connectivity index (χ1n) is 11.5. The normalized spacial score (nSPS) is 23.6. The van der Waals surface area contributed by atoms with Crippen LogP contribution in [0.15, 0.2) is 47.4 Å². The lowest BCUT2D eigenvalue weighted by molar-refractivity contribution is -0.140. The van der Waals surface area contributed by atoms with E-state index in [0.29, 0.717) is 42.3 Å². The molecule has 2 saturated carbocycles. The maximum Gasteiger partial charge on any atom is 0.244 e. The average molecular weight is 534 g/mol. The molecule has 2 aromatic rings. The fourth-order valence-electron chi connectivity index (χ4n) is 4.88. The average Bonchev–Trinajstić information content (AvgIpc) is 3.75. The standard InChI is InChI=1S/C25H22ClF2N3O4S/c26-16-3-1-15(2-4-16)25(9-10-25)23(33)31-13-18(12-20(31)22(32)30-24(14-29)7-8-24)36(34,35)21-6-5-17(27)11-19(21)28/h1-6,11,18,20H,7-10,12-13H2,(H,30,32). The molecule has 2 amide bonds. The van der Waals surface area contributed by atoms with Crippen LogP contribution in [0.4, 0.5) is 8.78 Å². The fourth-order valence-corrected chi connectivity index (χ4v) is 6.75. The Morgan fingerprint density at radius 3 is 2.31 bits per heavy atom. The van der Waals surface area contributed by atoms with E-state index in [4.69, 9.17) is 11.6 Å². The molecular weight excluding hydrogens is 512 g/mol. The van der Waals surface area contributed by atoms with Gasteiger partial charge in [0.25, 0.3) is 0 Å². The molecule has 7 nitrogen and oxygen atoms in total. The van der Waals surface area contributed by atoms with Crippen LogP contribution >= 0.6 is 11.6 Å². The van der Waals surface area contributed by atoms with E-state index in [1.807, 2.05) is 0 Å². The molecule has 2 atom stereocenters. The summed E-state index contributed by atoms with van der Waals surface area (Å²) in [4.78, 5) is 27.6. The van der Waals surface area contributed by atoms with Crippen LogP contribution in [0.2, 0.25) is 5.02 Å². The highest BCUT2D eigenvalue weighted by atomic mass is 35.5. The first kappa shape index (κ1) is 24.7. The first-order valence-corrected chi connectivity index (χ1v) is 13.4. The van der Waals surface area contributed by atoms with Crippen LogP contribution in [0.1, 0.15) is 37.7 Å². The number of carbonyl (C=O) groups excluding carboxylic acids is 2. The number of amides is 2. The molecule has 0 spiro atoms. The first-order chi connectivity index (χ1) is 17.0. The highest BCUT2D eigenvalue weighted by molar-refractivity contribution is 7.92. The second-order valence-corrected chi connectivity index (χ2v) is 12.4. The third-order valence-corrected chi connectivity index (χ3v) is 9.76. The molecule has 1 N–H and O–H groups in total. The number of hydrogen-bond donors (Lipinski definition) is 1. The van der Waals surface area contributed by atoms with Gasteiger partial charge in [-0.3, -0.25) is 9.59 Å². The molecule has 11 heteroatoms. The van der Waals surface area contributed by atoms with Crippen LogP contribution in [0.25, 0.3) is 0 Å². The molecule has 188 valence electrons. The van der Waals surface area contributed by atoms with Crippen molar-refractivity contribution in [3.8, 4) is 6.07 Å². The molecule has 1 heterocycles. The third kappa shape index (κ3) is 4.14. The minimum Gasteiger partial charge on any atom is -0.336 e. The molecular formula is C25H22ClF2N3O4S.